The summed E-state index contributed by atoms with van der Waals surface area (Å²) in [4.78, 5) is 11.6. The van der Waals surface area contributed by atoms with Crippen LogP contribution in [-0.2, 0) is 4.79 Å². The molecular formula is C15H14ClFN2O2. The van der Waals surface area contributed by atoms with E-state index in [1.54, 1.807) is 24.3 Å². The predicted molar refractivity (Wildman–Crippen MR) is 80.0 cm³/mol. The number of benzene rings is 2. The van der Waals surface area contributed by atoms with Crippen LogP contribution in [0.5, 0.6) is 5.75 Å². The van der Waals surface area contributed by atoms with E-state index in [1.807, 2.05) is 0 Å². The fraction of sp³-hybridized carbons (Fsp3) is 0.133. The quantitative estimate of drug-likeness (QED) is 0.892. The summed E-state index contributed by atoms with van der Waals surface area (Å²) in [7, 11) is 1.53. The molecule has 0 saturated heterocycles. The molecule has 0 fully saturated rings. The Bertz CT molecular complexity index is 664. The van der Waals surface area contributed by atoms with Crippen LogP contribution in [0.4, 0.5) is 10.1 Å². The molecule has 2 aromatic carbocycles. The zero-order chi connectivity index (χ0) is 15.4. The van der Waals surface area contributed by atoms with Gasteiger partial charge in [0.2, 0.25) is 5.91 Å². The molecule has 0 aliphatic carbocycles. The summed E-state index contributed by atoms with van der Waals surface area (Å²) >= 11 is 5.85. The highest BCUT2D eigenvalue weighted by Crippen LogP contribution is 2.26. The van der Waals surface area contributed by atoms with E-state index in [0.717, 1.165) is 0 Å². The number of methoxy groups -OCH3 is 1. The molecule has 2 rings (SSSR count). The van der Waals surface area contributed by atoms with Crippen LogP contribution in [0, 0.1) is 5.82 Å². The van der Waals surface area contributed by atoms with Crippen LogP contribution in [0.25, 0.3) is 0 Å². The molecule has 110 valence electrons. The third-order valence-electron chi connectivity index (χ3n) is 2.93. The molecule has 1 atom stereocenters. The van der Waals surface area contributed by atoms with Crippen LogP contribution in [0.3, 0.4) is 0 Å². The number of hydrogen-bond acceptors (Lipinski definition) is 3. The number of primary amides is 1. The summed E-state index contributed by atoms with van der Waals surface area (Å²) in [6.45, 7) is 0. The summed E-state index contributed by atoms with van der Waals surface area (Å²) < 4.78 is 19.0. The number of nitrogens with two attached hydrogens (primary N) is 1. The Labute approximate surface area is 126 Å². The van der Waals surface area contributed by atoms with Crippen molar-refractivity contribution in [2.24, 2.45) is 5.73 Å². The summed E-state index contributed by atoms with van der Waals surface area (Å²) in [5, 5.41) is 3.21. The molecule has 3 N–H and O–H groups in total. The monoisotopic (exact) mass is 308 g/mol. The van der Waals surface area contributed by atoms with Gasteiger partial charge in [-0.2, -0.15) is 0 Å². The van der Waals surface area contributed by atoms with E-state index in [2.05, 4.69) is 5.32 Å². The van der Waals surface area contributed by atoms with Crippen molar-refractivity contribution in [3.63, 3.8) is 0 Å². The number of nitrogens with one attached hydrogen (secondary N) is 1. The van der Waals surface area contributed by atoms with E-state index in [-0.39, 0.29) is 5.56 Å². The van der Waals surface area contributed by atoms with E-state index in [0.29, 0.717) is 16.5 Å². The molecule has 0 bridgehead atoms. The molecule has 6 heteroatoms. The topological polar surface area (TPSA) is 64.3 Å². The molecule has 0 radical (unpaired) electrons. The summed E-state index contributed by atoms with van der Waals surface area (Å²) in [5.41, 5.74) is 6.04. The minimum Gasteiger partial charge on any atom is -0.497 e. The second-order valence-electron chi connectivity index (χ2n) is 4.38. The van der Waals surface area contributed by atoms with Crippen LogP contribution >= 0.6 is 11.6 Å². The summed E-state index contributed by atoms with van der Waals surface area (Å²) in [6, 6.07) is 9.84. The molecule has 2 aromatic rings. The number of anilines is 1. The third kappa shape index (κ3) is 3.64. The number of ether oxygens (including phenoxy) is 1. The van der Waals surface area contributed by atoms with E-state index in [9.17, 15) is 9.18 Å². The van der Waals surface area contributed by atoms with Gasteiger partial charge >= 0.3 is 0 Å². The van der Waals surface area contributed by atoms with E-state index >= 15 is 0 Å². The van der Waals surface area contributed by atoms with Gasteiger partial charge in [-0.15, -0.1) is 0 Å². The SMILES string of the molecule is COc1cccc(NC(C(N)=O)c2cc(Cl)ccc2F)c1. The van der Waals surface area contributed by atoms with Gasteiger partial charge in [-0.25, -0.2) is 4.39 Å². The number of carbonyl (C=O) groups is 1. The van der Waals surface area contributed by atoms with Crippen molar-refractivity contribution in [3.8, 4) is 5.75 Å². The molecule has 0 saturated carbocycles. The average Bonchev–Trinajstić information content (AvgIpc) is 2.47. The van der Waals surface area contributed by atoms with Gasteiger partial charge in [0, 0.05) is 22.3 Å². The lowest BCUT2D eigenvalue weighted by atomic mass is 10.1. The zero-order valence-corrected chi connectivity index (χ0v) is 12.0. The Morgan fingerprint density at radius 1 is 1.33 bits per heavy atom. The lowest BCUT2D eigenvalue weighted by Crippen LogP contribution is -2.28. The first-order chi connectivity index (χ1) is 10.0. The zero-order valence-electron chi connectivity index (χ0n) is 11.3. The van der Waals surface area contributed by atoms with Gasteiger partial charge < -0.3 is 15.8 Å². The molecule has 0 aliphatic rings. The largest absolute Gasteiger partial charge is 0.497 e. The smallest absolute Gasteiger partial charge is 0.244 e. The van der Waals surface area contributed by atoms with Gasteiger partial charge in [-0.05, 0) is 30.3 Å². The highest BCUT2D eigenvalue weighted by molar-refractivity contribution is 6.30. The van der Waals surface area contributed by atoms with Crippen molar-refractivity contribution in [1.82, 2.24) is 0 Å². The Morgan fingerprint density at radius 3 is 2.76 bits per heavy atom. The predicted octanol–water partition coefficient (Wildman–Crippen LogP) is 3.13. The second-order valence-corrected chi connectivity index (χ2v) is 4.81. The van der Waals surface area contributed by atoms with Crippen molar-refractivity contribution in [3.05, 3.63) is 58.9 Å². The van der Waals surface area contributed by atoms with Gasteiger partial charge in [-0.3, -0.25) is 4.79 Å². The van der Waals surface area contributed by atoms with Crippen molar-refractivity contribution >= 4 is 23.2 Å². The first-order valence-electron chi connectivity index (χ1n) is 6.16. The number of rotatable bonds is 5. The Balaban J connectivity index is 2.35. The Morgan fingerprint density at radius 2 is 2.10 bits per heavy atom. The number of carbonyl (C=O) groups excluding carboxylic acids is 1. The lowest BCUT2D eigenvalue weighted by molar-refractivity contribution is -0.118. The van der Waals surface area contributed by atoms with Crippen LogP contribution in [0.15, 0.2) is 42.5 Å². The van der Waals surface area contributed by atoms with Crippen molar-refractivity contribution < 1.29 is 13.9 Å². The molecule has 1 unspecified atom stereocenters. The molecule has 0 heterocycles. The highest BCUT2D eigenvalue weighted by Gasteiger charge is 2.21. The Hall–Kier alpha value is -2.27. The van der Waals surface area contributed by atoms with Crippen LogP contribution in [-0.4, -0.2) is 13.0 Å². The number of hydrogen-bond donors (Lipinski definition) is 2. The minimum atomic E-state index is -1.03. The molecule has 1 amide bonds. The van der Waals surface area contributed by atoms with Crippen molar-refractivity contribution in [2.45, 2.75) is 6.04 Å². The molecule has 4 nitrogen and oxygen atoms in total. The average molecular weight is 309 g/mol. The first-order valence-corrected chi connectivity index (χ1v) is 6.54. The second kappa shape index (κ2) is 6.45. The van der Waals surface area contributed by atoms with Crippen molar-refractivity contribution in [2.75, 3.05) is 12.4 Å². The van der Waals surface area contributed by atoms with Gasteiger partial charge in [0.25, 0.3) is 0 Å². The molecule has 0 spiro atoms. The Kier molecular flexibility index (Phi) is 4.65. The molecular weight excluding hydrogens is 295 g/mol. The van der Waals surface area contributed by atoms with Crippen LogP contribution in [0.1, 0.15) is 11.6 Å². The molecule has 21 heavy (non-hydrogen) atoms. The minimum absolute atomic E-state index is 0.0952. The molecule has 0 aliphatic heterocycles. The van der Waals surface area contributed by atoms with E-state index in [1.165, 1.54) is 25.3 Å². The maximum atomic E-state index is 13.9. The number of amides is 1. The fourth-order valence-electron chi connectivity index (χ4n) is 1.92. The van der Waals surface area contributed by atoms with E-state index in [4.69, 9.17) is 22.1 Å². The van der Waals surface area contributed by atoms with Crippen LogP contribution in [0.2, 0.25) is 5.02 Å². The summed E-state index contributed by atoms with van der Waals surface area (Å²) in [6.07, 6.45) is 0. The number of halogens is 2. The maximum absolute atomic E-state index is 13.9. The molecule has 0 aromatic heterocycles. The van der Waals surface area contributed by atoms with Gasteiger partial charge in [-0.1, -0.05) is 17.7 Å². The standard InChI is InChI=1S/C15H14ClFN2O2/c1-21-11-4-2-3-10(8-11)19-14(15(18)20)12-7-9(16)5-6-13(12)17/h2-8,14,19H,1H3,(H2,18,20). The first kappa shape index (κ1) is 15.1. The third-order valence-corrected chi connectivity index (χ3v) is 3.17. The van der Waals surface area contributed by atoms with Gasteiger partial charge in [0.1, 0.15) is 17.6 Å². The maximum Gasteiger partial charge on any atom is 0.244 e. The van der Waals surface area contributed by atoms with Crippen molar-refractivity contribution in [1.29, 1.82) is 0 Å². The normalized spacial score (nSPS) is 11.8. The van der Waals surface area contributed by atoms with Crippen LogP contribution < -0.4 is 15.8 Å². The summed E-state index contributed by atoms with van der Waals surface area (Å²) in [5.74, 6) is -0.660. The highest BCUT2D eigenvalue weighted by atomic mass is 35.5. The van der Waals surface area contributed by atoms with E-state index < -0.39 is 17.8 Å². The van der Waals surface area contributed by atoms with Gasteiger partial charge in [0.05, 0.1) is 7.11 Å². The lowest BCUT2D eigenvalue weighted by Gasteiger charge is -2.18. The van der Waals surface area contributed by atoms with Gasteiger partial charge in [0.15, 0.2) is 0 Å². The fourth-order valence-corrected chi connectivity index (χ4v) is 2.10.